The van der Waals surface area contributed by atoms with Crippen molar-refractivity contribution in [3.05, 3.63) is 65.4 Å². The second kappa shape index (κ2) is 12.9. The number of anilines is 1. The molecule has 165 valence electrons. The van der Waals surface area contributed by atoms with Gasteiger partial charge in [-0.05, 0) is 38.6 Å². The van der Waals surface area contributed by atoms with Crippen LogP contribution in [0.5, 0.6) is 0 Å². The van der Waals surface area contributed by atoms with Gasteiger partial charge in [0.2, 0.25) is 0 Å². The number of amidine groups is 1. The van der Waals surface area contributed by atoms with Gasteiger partial charge in [0.15, 0.2) is 0 Å². The molecule has 1 fully saturated rings. The molecule has 1 aliphatic heterocycles. The first kappa shape index (κ1) is 24.5. The average molecular weight is 606 g/mol. The van der Waals surface area contributed by atoms with Gasteiger partial charge in [-0.15, -0.1) is 0 Å². The predicted molar refractivity (Wildman–Crippen MR) is 126 cm³/mol. The first-order chi connectivity index (χ1) is 14.6. The van der Waals surface area contributed by atoms with Crippen molar-refractivity contribution in [2.75, 3.05) is 31.5 Å². The molecule has 2 heterocycles. The van der Waals surface area contributed by atoms with E-state index in [1.165, 1.54) is 0 Å². The van der Waals surface area contributed by atoms with Crippen molar-refractivity contribution in [2.24, 2.45) is 0 Å². The topological polar surface area (TPSA) is 98.1 Å². The van der Waals surface area contributed by atoms with Gasteiger partial charge in [-0.25, -0.2) is 4.98 Å². The fraction of sp³-hybridized carbons (Fsp3) is 0.364. The summed E-state index contributed by atoms with van der Waals surface area (Å²) in [7, 11) is 4.61. The molecular weight excluding hydrogens is 579 g/mol. The quantitative estimate of drug-likeness (QED) is 0.223. The van der Waals surface area contributed by atoms with Crippen LogP contribution in [0.4, 0.5) is 5.69 Å². The van der Waals surface area contributed by atoms with Gasteiger partial charge in [-0.2, -0.15) is 13.1 Å². The number of likely N-dealkylation sites (tertiary alicyclic amines) is 1. The third-order valence-corrected chi connectivity index (χ3v) is 4.94. The maximum atomic E-state index is 9.68. The van der Waals surface area contributed by atoms with Crippen LogP contribution in [-0.4, -0.2) is 47.9 Å². The zero-order chi connectivity index (χ0) is 21.9. The first-order valence-electron chi connectivity index (χ1n) is 9.86. The molecule has 1 aliphatic rings. The summed E-state index contributed by atoms with van der Waals surface area (Å²) in [6.45, 7) is 4.28. The van der Waals surface area contributed by atoms with Crippen molar-refractivity contribution < 1.29 is 18.8 Å². The Bertz CT molecular complexity index is 895. The van der Waals surface area contributed by atoms with Crippen LogP contribution in [0.2, 0.25) is 0 Å². The van der Waals surface area contributed by atoms with Crippen LogP contribution in [0.3, 0.4) is 0 Å². The molecule has 0 amide bonds. The number of halogens is 1. The van der Waals surface area contributed by atoms with Crippen LogP contribution in [0.25, 0.3) is 38.7 Å². The van der Waals surface area contributed by atoms with E-state index in [4.69, 9.17) is 16.5 Å². The summed E-state index contributed by atoms with van der Waals surface area (Å²) in [4.78, 5) is 6.78. The van der Waals surface area contributed by atoms with E-state index in [2.05, 4.69) is 51.1 Å². The molecular formula is C22H27ClN6Pt-3. The number of fused-ring (bicyclic) bond motifs is 2. The molecule has 1 saturated heterocycles. The minimum atomic E-state index is 0.325. The number of aromatic nitrogens is 1. The zero-order valence-electron chi connectivity index (χ0n) is 17.0. The van der Waals surface area contributed by atoms with Crippen LogP contribution in [0, 0.1) is 0 Å². The van der Waals surface area contributed by atoms with Crippen LogP contribution < -0.4 is 5.32 Å². The Hall–Kier alpha value is -1.72. The number of rotatable bonds is 4. The molecule has 30 heavy (non-hydrogen) atoms. The molecule has 6 nitrogen and oxygen atoms in total. The number of nitrogens with one attached hydrogen (secondary N) is 3. The number of benzene rings is 2. The van der Waals surface area contributed by atoms with Crippen molar-refractivity contribution in [3.8, 4) is 0 Å². The zero-order valence-corrected chi connectivity index (χ0v) is 20.0. The van der Waals surface area contributed by atoms with Gasteiger partial charge in [0.1, 0.15) is 0 Å². The Morgan fingerprint density at radius 3 is 2.07 bits per heavy atom. The fourth-order valence-electron chi connectivity index (χ4n) is 3.46. The molecule has 1 aromatic heterocycles. The Balaban J connectivity index is 0.000000404. The van der Waals surface area contributed by atoms with E-state index < -0.39 is 0 Å². The predicted octanol–water partition coefficient (Wildman–Crippen LogP) is 6.03. The van der Waals surface area contributed by atoms with Crippen LogP contribution >= 0.6 is 9.42 Å². The summed E-state index contributed by atoms with van der Waals surface area (Å²) < 4.78 is 0. The molecule has 3 aromatic rings. The molecule has 0 bridgehead atoms. The average Bonchev–Trinajstić information content (AvgIpc) is 3.25. The summed E-state index contributed by atoms with van der Waals surface area (Å²) in [6.07, 6.45) is 1.74. The number of para-hydroxylation sites is 2. The van der Waals surface area contributed by atoms with E-state index in [1.807, 2.05) is 17.0 Å². The van der Waals surface area contributed by atoms with Crippen molar-refractivity contribution in [1.29, 1.82) is 0 Å². The maximum absolute atomic E-state index is 9.68. The monoisotopic (exact) mass is 605 g/mol. The van der Waals surface area contributed by atoms with Crippen molar-refractivity contribution in [3.63, 3.8) is 0 Å². The fourth-order valence-corrected chi connectivity index (χ4v) is 3.46. The summed E-state index contributed by atoms with van der Waals surface area (Å²) in [5, 5.41) is 15.7. The Kier molecular flexibility index (Phi) is 10.5. The van der Waals surface area contributed by atoms with E-state index in [-0.39, 0.29) is 0 Å². The third kappa shape index (κ3) is 6.39. The SMILES string of the molecule is CC(=[N-])N1CC[C@@H](Nc2c3ccccc3nc3ccccc23)C1.[Cl][Pt].[NH-]CCC[NH-]. The van der Waals surface area contributed by atoms with Gasteiger partial charge < -0.3 is 27.1 Å². The van der Waals surface area contributed by atoms with Gasteiger partial charge in [0.05, 0.1) is 16.7 Å². The first-order valence-corrected chi connectivity index (χ1v) is 12.7. The molecule has 1 atom stereocenters. The molecule has 0 radical (unpaired) electrons. The Labute approximate surface area is 193 Å². The van der Waals surface area contributed by atoms with Crippen molar-refractivity contribution in [2.45, 2.75) is 25.8 Å². The molecule has 3 N–H and O–H groups in total. The molecule has 2 aromatic carbocycles. The van der Waals surface area contributed by atoms with E-state index in [1.54, 1.807) is 25.7 Å². The molecule has 8 heteroatoms. The molecule has 0 spiro atoms. The van der Waals surface area contributed by atoms with E-state index >= 15 is 0 Å². The summed E-state index contributed by atoms with van der Waals surface area (Å²) in [5.41, 5.74) is 16.1. The summed E-state index contributed by atoms with van der Waals surface area (Å²) in [5.74, 6) is 0.402. The van der Waals surface area contributed by atoms with Crippen molar-refractivity contribution >= 4 is 42.7 Å². The van der Waals surface area contributed by atoms with E-state index in [0.29, 0.717) is 25.0 Å². The molecule has 0 aliphatic carbocycles. The summed E-state index contributed by atoms with van der Waals surface area (Å²) in [6, 6.07) is 16.8. The van der Waals surface area contributed by atoms with Gasteiger partial charge in [-0.3, -0.25) is 0 Å². The Morgan fingerprint density at radius 1 is 1.10 bits per heavy atom. The van der Waals surface area contributed by atoms with Gasteiger partial charge in [0.25, 0.3) is 0 Å². The van der Waals surface area contributed by atoms with E-state index in [0.717, 1.165) is 53.4 Å². The number of hydrogen-bond acceptors (Lipinski definition) is 2. The number of nitrogens with zero attached hydrogens (tertiary/aromatic N) is 3. The minimum absolute atomic E-state index is 0.325. The van der Waals surface area contributed by atoms with Gasteiger partial charge in [-0.1, -0.05) is 48.7 Å². The minimum Gasteiger partial charge on any atom is -0.677 e. The van der Waals surface area contributed by atoms with E-state index in [9.17, 15) is 5.41 Å². The second-order valence-corrected chi connectivity index (χ2v) is 7.00. The van der Waals surface area contributed by atoms with Crippen molar-refractivity contribution in [1.82, 2.24) is 9.88 Å². The summed E-state index contributed by atoms with van der Waals surface area (Å²) >= 11 is 1.61. The molecule has 4 rings (SSSR count). The Morgan fingerprint density at radius 2 is 1.63 bits per heavy atom. The van der Waals surface area contributed by atoms with Gasteiger partial charge >= 0.3 is 28.2 Å². The third-order valence-electron chi connectivity index (χ3n) is 4.94. The number of pyridine rings is 1. The largest absolute Gasteiger partial charge is 0.677 e. The number of hydrogen-bond donors (Lipinski definition) is 1. The standard InChI is InChI=1S/C19H19N4.C3H8N2.ClH.Pt/c1-13(20)23-11-10-14(12-23)21-19-15-6-2-4-8-17(15)22-18-9-5-3-7-16(18)19;4-2-1-3-5;;/h2-9,14H,10-12H2,1H3,(H,21,22);4-5H,1-3H2;1H;/q-1;-2;;+1/p-1/t14-;;;/m1.../s1. The van der Waals surface area contributed by atoms with Crippen LogP contribution in [0.15, 0.2) is 48.5 Å². The molecule has 0 unspecified atom stereocenters. The van der Waals surface area contributed by atoms with Crippen LogP contribution in [0.1, 0.15) is 19.8 Å². The normalized spacial score (nSPS) is 15.3. The smallest absolute Gasteiger partial charge is 0.0916 e. The van der Waals surface area contributed by atoms with Gasteiger partial charge in [0, 0.05) is 16.8 Å². The van der Waals surface area contributed by atoms with Crippen LogP contribution in [-0.2, 0) is 18.8 Å². The maximum Gasteiger partial charge on any atom is -0.0916 e. The second-order valence-electron chi connectivity index (χ2n) is 7.00. The molecule has 0 saturated carbocycles.